The van der Waals surface area contributed by atoms with Crippen LogP contribution >= 0.6 is 0 Å². The van der Waals surface area contributed by atoms with Crippen LogP contribution in [-0.2, 0) is 29.2 Å². The summed E-state index contributed by atoms with van der Waals surface area (Å²) < 4.78 is 43.2. The number of hydrogen-bond donors (Lipinski definition) is 0. The predicted octanol–water partition coefficient (Wildman–Crippen LogP) is -1.88. The molecule has 0 amide bonds. The van der Waals surface area contributed by atoms with Gasteiger partial charge >= 0.3 is 41.5 Å². The molecule has 1 aliphatic rings. The second-order valence-electron chi connectivity index (χ2n) is 5.42. The van der Waals surface area contributed by atoms with Gasteiger partial charge in [0.15, 0.2) is 5.25 Å². The smallest absolute Gasteiger partial charge is 0.747 e. The van der Waals surface area contributed by atoms with Crippen LogP contribution in [0.5, 0.6) is 0 Å². The van der Waals surface area contributed by atoms with E-state index in [0.29, 0.717) is 0 Å². The van der Waals surface area contributed by atoms with E-state index in [1.807, 2.05) is 0 Å². The molecule has 1 aliphatic carbocycles. The van der Waals surface area contributed by atoms with Gasteiger partial charge < -0.3 is 14.0 Å². The van der Waals surface area contributed by atoms with Crippen LogP contribution in [0, 0.1) is 0 Å². The largest absolute Gasteiger partial charge is 1.00 e. The van der Waals surface area contributed by atoms with Crippen LogP contribution in [0.4, 0.5) is 0 Å². The standard InChI is InChI=1S/C13H22O7S.Na/c1-9(2)19-13(15)11(21(16,17)18)8-12(14)20-10-6-4-3-5-7-10;/h9-11H,3-8H2,1-2H3,(H,16,17,18);/q;+1/p-1. The van der Waals surface area contributed by atoms with Gasteiger partial charge in [0.1, 0.15) is 16.2 Å². The number of carbonyl (C=O) groups is 2. The first-order valence-electron chi connectivity index (χ1n) is 7.05. The van der Waals surface area contributed by atoms with E-state index < -0.39 is 39.8 Å². The van der Waals surface area contributed by atoms with E-state index >= 15 is 0 Å². The predicted molar refractivity (Wildman–Crippen MR) is 72.3 cm³/mol. The minimum atomic E-state index is -4.97. The van der Waals surface area contributed by atoms with Crippen molar-refractivity contribution in [3.8, 4) is 0 Å². The van der Waals surface area contributed by atoms with Crippen molar-refractivity contribution < 1.29 is 61.6 Å². The second kappa shape index (κ2) is 9.87. The fourth-order valence-corrected chi connectivity index (χ4v) is 2.81. The van der Waals surface area contributed by atoms with Crippen molar-refractivity contribution in [2.75, 3.05) is 0 Å². The first-order valence-corrected chi connectivity index (χ1v) is 8.52. The van der Waals surface area contributed by atoms with Crippen LogP contribution in [0.1, 0.15) is 52.4 Å². The van der Waals surface area contributed by atoms with E-state index in [9.17, 15) is 22.6 Å². The summed E-state index contributed by atoms with van der Waals surface area (Å²) in [5.41, 5.74) is 0. The maximum Gasteiger partial charge on any atom is 1.00 e. The summed E-state index contributed by atoms with van der Waals surface area (Å²) in [6, 6.07) is 0. The molecular weight excluding hydrogens is 323 g/mol. The Morgan fingerprint density at radius 1 is 1.18 bits per heavy atom. The molecule has 0 aliphatic heterocycles. The molecule has 0 spiro atoms. The second-order valence-corrected chi connectivity index (χ2v) is 6.98. The van der Waals surface area contributed by atoms with Gasteiger partial charge in [0.2, 0.25) is 0 Å². The molecule has 1 atom stereocenters. The van der Waals surface area contributed by atoms with E-state index in [-0.39, 0.29) is 35.7 Å². The van der Waals surface area contributed by atoms with Crippen LogP contribution in [0.3, 0.4) is 0 Å². The average Bonchev–Trinajstić information content (AvgIpc) is 2.34. The molecule has 1 unspecified atom stereocenters. The molecule has 0 bridgehead atoms. The Labute approximate surface area is 153 Å². The van der Waals surface area contributed by atoms with E-state index in [2.05, 4.69) is 0 Å². The normalized spacial score (nSPS) is 17.5. The number of esters is 2. The Morgan fingerprint density at radius 3 is 2.18 bits per heavy atom. The molecule has 122 valence electrons. The third-order valence-electron chi connectivity index (χ3n) is 3.17. The molecule has 9 heteroatoms. The number of carbonyl (C=O) groups excluding carboxylic acids is 2. The average molecular weight is 344 g/mol. The van der Waals surface area contributed by atoms with Gasteiger partial charge in [-0.15, -0.1) is 0 Å². The number of ether oxygens (including phenoxy) is 2. The molecule has 0 aromatic heterocycles. The number of rotatable bonds is 6. The molecule has 0 aromatic rings. The van der Waals surface area contributed by atoms with Crippen LogP contribution in [0.2, 0.25) is 0 Å². The van der Waals surface area contributed by atoms with Gasteiger partial charge in [-0.05, 0) is 39.5 Å². The summed E-state index contributed by atoms with van der Waals surface area (Å²) in [6.07, 6.45) is 2.76. The van der Waals surface area contributed by atoms with Gasteiger partial charge in [-0.2, -0.15) is 0 Å². The van der Waals surface area contributed by atoms with Crippen LogP contribution in [0.15, 0.2) is 0 Å². The Bertz CT molecular complexity index is 469. The summed E-state index contributed by atoms with van der Waals surface area (Å²) in [5, 5.41) is -2.05. The quantitative estimate of drug-likeness (QED) is 0.315. The van der Waals surface area contributed by atoms with Gasteiger partial charge in [0, 0.05) is 0 Å². The molecule has 0 aromatic carbocycles. The fourth-order valence-electron chi connectivity index (χ4n) is 2.18. The first-order chi connectivity index (χ1) is 9.70. The maximum atomic E-state index is 11.7. The third-order valence-corrected chi connectivity index (χ3v) is 4.22. The monoisotopic (exact) mass is 344 g/mol. The van der Waals surface area contributed by atoms with Crippen LogP contribution < -0.4 is 29.6 Å². The summed E-state index contributed by atoms with van der Waals surface area (Å²) in [6.45, 7) is 3.04. The molecule has 0 heterocycles. The van der Waals surface area contributed by atoms with Crippen LogP contribution in [0.25, 0.3) is 0 Å². The molecular formula is C13H21NaO7S. The van der Waals surface area contributed by atoms with Crippen molar-refractivity contribution in [2.45, 2.75) is 69.8 Å². The topological polar surface area (TPSA) is 110 Å². The zero-order valence-electron chi connectivity index (χ0n) is 13.2. The maximum absolute atomic E-state index is 11.7. The number of hydrogen-bond acceptors (Lipinski definition) is 7. The van der Waals surface area contributed by atoms with Crippen LogP contribution in [-0.4, -0.2) is 42.4 Å². The molecule has 0 N–H and O–H groups in total. The zero-order valence-corrected chi connectivity index (χ0v) is 16.1. The third kappa shape index (κ3) is 7.92. The van der Waals surface area contributed by atoms with Gasteiger partial charge in [-0.3, -0.25) is 9.59 Å². The summed E-state index contributed by atoms with van der Waals surface area (Å²) >= 11 is 0. The summed E-state index contributed by atoms with van der Waals surface area (Å²) in [4.78, 5) is 23.3. The van der Waals surface area contributed by atoms with Gasteiger partial charge in [0.05, 0.1) is 12.5 Å². The Balaban J connectivity index is 0.00000441. The van der Waals surface area contributed by atoms with E-state index in [4.69, 9.17) is 9.47 Å². The molecule has 7 nitrogen and oxygen atoms in total. The van der Waals surface area contributed by atoms with E-state index in [1.54, 1.807) is 0 Å². The first kappa shape index (κ1) is 21.9. The summed E-state index contributed by atoms with van der Waals surface area (Å²) in [5.74, 6) is -2.06. The Kier molecular flexibility index (Phi) is 9.80. The fraction of sp³-hybridized carbons (Fsp3) is 0.846. The Morgan fingerprint density at radius 2 is 1.73 bits per heavy atom. The van der Waals surface area contributed by atoms with Crippen molar-refractivity contribution in [1.29, 1.82) is 0 Å². The van der Waals surface area contributed by atoms with Crippen molar-refractivity contribution in [1.82, 2.24) is 0 Å². The molecule has 1 saturated carbocycles. The van der Waals surface area contributed by atoms with Crippen molar-refractivity contribution >= 4 is 22.1 Å². The molecule has 22 heavy (non-hydrogen) atoms. The zero-order chi connectivity index (χ0) is 16.0. The van der Waals surface area contributed by atoms with Gasteiger partial charge in [0.25, 0.3) is 0 Å². The van der Waals surface area contributed by atoms with Crippen molar-refractivity contribution in [2.24, 2.45) is 0 Å². The molecule has 1 rings (SSSR count). The molecule has 0 radical (unpaired) electrons. The molecule has 0 saturated heterocycles. The Hall–Kier alpha value is -0.150. The molecule has 1 fully saturated rings. The van der Waals surface area contributed by atoms with Crippen molar-refractivity contribution in [3.63, 3.8) is 0 Å². The van der Waals surface area contributed by atoms with Crippen molar-refractivity contribution in [3.05, 3.63) is 0 Å². The minimum Gasteiger partial charge on any atom is -0.747 e. The minimum absolute atomic E-state index is 0. The SMILES string of the molecule is CC(C)OC(=O)C(CC(=O)OC1CCCCC1)S(=O)(=O)[O-].[Na+]. The van der Waals surface area contributed by atoms with E-state index in [0.717, 1.165) is 32.1 Å². The van der Waals surface area contributed by atoms with E-state index in [1.165, 1.54) is 13.8 Å². The summed E-state index contributed by atoms with van der Waals surface area (Å²) in [7, 11) is -4.97. The van der Waals surface area contributed by atoms with Gasteiger partial charge in [-0.1, -0.05) is 6.42 Å². The van der Waals surface area contributed by atoms with Gasteiger partial charge in [-0.25, -0.2) is 8.42 Å².